The zero-order valence-corrected chi connectivity index (χ0v) is 16.4. The van der Waals surface area contributed by atoms with E-state index in [1.54, 1.807) is 35.2 Å². The number of hydrogen-bond acceptors (Lipinski definition) is 5. The normalized spacial score (nSPS) is 10.7. The van der Waals surface area contributed by atoms with Crippen LogP contribution in [0.15, 0.2) is 67.0 Å². The molecule has 0 aliphatic carbocycles. The van der Waals surface area contributed by atoms with Gasteiger partial charge in [-0.15, -0.1) is 0 Å². The summed E-state index contributed by atoms with van der Waals surface area (Å²) in [7, 11) is 1.49. The summed E-state index contributed by atoms with van der Waals surface area (Å²) >= 11 is 0. The second-order valence-corrected chi connectivity index (χ2v) is 6.35. The average Bonchev–Trinajstić information content (AvgIpc) is 3.25. The molecule has 8 heteroatoms. The van der Waals surface area contributed by atoms with Gasteiger partial charge in [0, 0.05) is 24.2 Å². The molecule has 0 fully saturated rings. The molecule has 0 saturated heterocycles. The standard InChI is InChI=1S/C22H22N4O4/c1-29-20-13-16(7-9-19(20)30-15-21(23)27)8-10-22(28)25-18-6-3-2-5-17(18)14-26-12-4-11-24-26/h2-13H,14-15H2,1H3,(H2,23,27)(H,25,28). The Bertz CT molecular complexity index is 1050. The van der Waals surface area contributed by atoms with E-state index in [9.17, 15) is 9.59 Å². The van der Waals surface area contributed by atoms with Crippen molar-refractivity contribution in [2.24, 2.45) is 5.73 Å². The minimum Gasteiger partial charge on any atom is -0.493 e. The van der Waals surface area contributed by atoms with Crippen LogP contribution in [-0.4, -0.2) is 35.3 Å². The molecule has 8 nitrogen and oxygen atoms in total. The number of nitrogens with zero attached hydrogens (tertiary/aromatic N) is 2. The number of aromatic nitrogens is 2. The Balaban J connectivity index is 1.67. The third-order valence-corrected chi connectivity index (χ3v) is 4.15. The lowest BCUT2D eigenvalue weighted by Gasteiger charge is -2.10. The van der Waals surface area contributed by atoms with Crippen molar-refractivity contribution in [3.63, 3.8) is 0 Å². The summed E-state index contributed by atoms with van der Waals surface area (Å²) < 4.78 is 12.3. The maximum absolute atomic E-state index is 12.4. The maximum atomic E-state index is 12.4. The molecule has 0 radical (unpaired) electrons. The summed E-state index contributed by atoms with van der Waals surface area (Å²) in [6.45, 7) is 0.309. The number of benzene rings is 2. The minimum atomic E-state index is -0.578. The molecule has 3 N–H and O–H groups in total. The molecule has 0 aliphatic rings. The number of methoxy groups -OCH3 is 1. The van der Waals surface area contributed by atoms with Crippen LogP contribution in [0.3, 0.4) is 0 Å². The number of ether oxygens (including phenoxy) is 2. The van der Waals surface area contributed by atoms with E-state index in [1.165, 1.54) is 13.2 Å². The topological polar surface area (TPSA) is 108 Å². The van der Waals surface area contributed by atoms with Gasteiger partial charge in [-0.25, -0.2) is 0 Å². The Labute approximate surface area is 173 Å². The summed E-state index contributed by atoms with van der Waals surface area (Å²) in [6, 6.07) is 14.5. The second kappa shape index (κ2) is 9.92. The third-order valence-electron chi connectivity index (χ3n) is 4.15. The highest BCUT2D eigenvalue weighted by atomic mass is 16.5. The van der Waals surface area contributed by atoms with Crippen LogP contribution in [0.2, 0.25) is 0 Å². The molecule has 2 aromatic carbocycles. The molecule has 0 saturated carbocycles. The van der Waals surface area contributed by atoms with Crippen LogP contribution >= 0.6 is 0 Å². The lowest BCUT2D eigenvalue weighted by atomic mass is 10.1. The number of rotatable bonds is 9. The summed E-state index contributed by atoms with van der Waals surface area (Å²) in [5, 5.41) is 7.09. The molecule has 0 unspecified atom stereocenters. The van der Waals surface area contributed by atoms with Gasteiger partial charge in [-0.1, -0.05) is 24.3 Å². The van der Waals surface area contributed by atoms with Crippen molar-refractivity contribution in [2.75, 3.05) is 19.0 Å². The molecule has 2 amide bonds. The molecular weight excluding hydrogens is 384 g/mol. The zero-order chi connectivity index (χ0) is 21.3. The van der Waals surface area contributed by atoms with Crippen molar-refractivity contribution in [3.8, 4) is 11.5 Å². The first-order chi connectivity index (χ1) is 14.5. The fourth-order valence-corrected chi connectivity index (χ4v) is 2.75. The molecule has 3 rings (SSSR count). The molecule has 0 atom stereocenters. The molecule has 0 bridgehead atoms. The van der Waals surface area contributed by atoms with Gasteiger partial charge in [0.15, 0.2) is 18.1 Å². The molecule has 1 heterocycles. The van der Waals surface area contributed by atoms with Gasteiger partial charge in [0.25, 0.3) is 5.91 Å². The quantitative estimate of drug-likeness (QED) is 0.531. The van der Waals surface area contributed by atoms with E-state index < -0.39 is 5.91 Å². The van der Waals surface area contributed by atoms with Gasteiger partial charge in [0.1, 0.15) is 0 Å². The smallest absolute Gasteiger partial charge is 0.255 e. The van der Waals surface area contributed by atoms with Crippen molar-refractivity contribution >= 4 is 23.6 Å². The molecule has 0 aliphatic heterocycles. The highest BCUT2D eigenvalue weighted by molar-refractivity contribution is 6.02. The first kappa shape index (κ1) is 20.7. The lowest BCUT2D eigenvalue weighted by molar-refractivity contribution is -0.120. The number of para-hydroxylation sites is 1. The highest BCUT2D eigenvalue weighted by Crippen LogP contribution is 2.28. The van der Waals surface area contributed by atoms with Crippen molar-refractivity contribution in [3.05, 3.63) is 78.1 Å². The number of primary amides is 1. The van der Waals surface area contributed by atoms with Crippen LogP contribution < -0.4 is 20.5 Å². The zero-order valence-electron chi connectivity index (χ0n) is 16.4. The van der Waals surface area contributed by atoms with E-state index in [-0.39, 0.29) is 12.5 Å². The summed E-state index contributed by atoms with van der Waals surface area (Å²) in [5.74, 6) is -0.0182. The van der Waals surface area contributed by atoms with E-state index in [4.69, 9.17) is 15.2 Å². The van der Waals surface area contributed by atoms with Crippen LogP contribution in [0, 0.1) is 0 Å². The fraction of sp³-hybridized carbons (Fsp3) is 0.136. The Morgan fingerprint density at radius 2 is 2.00 bits per heavy atom. The van der Waals surface area contributed by atoms with Crippen molar-refractivity contribution < 1.29 is 19.1 Å². The number of carbonyl (C=O) groups excluding carboxylic acids is 2. The largest absolute Gasteiger partial charge is 0.493 e. The third kappa shape index (κ3) is 5.71. The predicted molar refractivity (Wildman–Crippen MR) is 113 cm³/mol. The van der Waals surface area contributed by atoms with Gasteiger partial charge in [-0.05, 0) is 41.5 Å². The van der Waals surface area contributed by atoms with Crippen molar-refractivity contribution in [1.82, 2.24) is 9.78 Å². The monoisotopic (exact) mass is 406 g/mol. The molecular formula is C22H22N4O4. The molecule has 154 valence electrons. The predicted octanol–water partition coefficient (Wildman–Crippen LogP) is 2.46. The molecule has 3 aromatic rings. The van der Waals surface area contributed by atoms with Crippen LogP contribution in [0.25, 0.3) is 6.08 Å². The molecule has 1 aromatic heterocycles. The van der Waals surface area contributed by atoms with E-state index in [0.717, 1.165) is 16.8 Å². The molecule has 0 spiro atoms. The van der Waals surface area contributed by atoms with Crippen LogP contribution in [0.5, 0.6) is 11.5 Å². The Morgan fingerprint density at radius 1 is 1.17 bits per heavy atom. The summed E-state index contributed by atoms with van der Waals surface area (Å²) in [4.78, 5) is 23.3. The number of carbonyl (C=O) groups is 2. The SMILES string of the molecule is COc1cc(C=CC(=O)Nc2ccccc2Cn2cccn2)ccc1OCC(N)=O. The van der Waals surface area contributed by atoms with Crippen LogP contribution in [-0.2, 0) is 16.1 Å². The van der Waals surface area contributed by atoms with E-state index in [1.807, 2.05) is 36.5 Å². The fourth-order valence-electron chi connectivity index (χ4n) is 2.75. The van der Waals surface area contributed by atoms with Crippen LogP contribution in [0.1, 0.15) is 11.1 Å². The van der Waals surface area contributed by atoms with Gasteiger partial charge in [-0.3, -0.25) is 14.3 Å². The van der Waals surface area contributed by atoms with Crippen molar-refractivity contribution in [2.45, 2.75) is 6.54 Å². The minimum absolute atomic E-state index is 0.244. The van der Waals surface area contributed by atoms with Gasteiger partial charge in [-0.2, -0.15) is 5.10 Å². The number of amides is 2. The van der Waals surface area contributed by atoms with Gasteiger partial charge < -0.3 is 20.5 Å². The molecule has 30 heavy (non-hydrogen) atoms. The summed E-state index contributed by atoms with van der Waals surface area (Å²) in [5.41, 5.74) is 7.49. The first-order valence-corrected chi connectivity index (χ1v) is 9.18. The Morgan fingerprint density at radius 3 is 2.73 bits per heavy atom. The lowest BCUT2D eigenvalue weighted by Crippen LogP contribution is -2.20. The van der Waals surface area contributed by atoms with Gasteiger partial charge in [0.05, 0.1) is 13.7 Å². The maximum Gasteiger partial charge on any atom is 0.255 e. The van der Waals surface area contributed by atoms with Gasteiger partial charge in [0.2, 0.25) is 5.91 Å². The Kier molecular flexibility index (Phi) is 6.83. The van der Waals surface area contributed by atoms with Crippen molar-refractivity contribution in [1.29, 1.82) is 0 Å². The number of nitrogens with one attached hydrogen (secondary N) is 1. The first-order valence-electron chi connectivity index (χ1n) is 9.18. The summed E-state index contributed by atoms with van der Waals surface area (Å²) in [6.07, 6.45) is 6.67. The van der Waals surface area contributed by atoms with E-state index in [2.05, 4.69) is 10.4 Å². The number of anilines is 1. The highest BCUT2D eigenvalue weighted by Gasteiger charge is 2.08. The number of nitrogens with two attached hydrogens (primary N) is 1. The Hall–Kier alpha value is -4.07. The van der Waals surface area contributed by atoms with E-state index in [0.29, 0.717) is 18.0 Å². The van der Waals surface area contributed by atoms with Crippen LogP contribution in [0.4, 0.5) is 5.69 Å². The number of hydrogen-bond donors (Lipinski definition) is 2. The average molecular weight is 406 g/mol. The van der Waals surface area contributed by atoms with Gasteiger partial charge >= 0.3 is 0 Å². The second-order valence-electron chi connectivity index (χ2n) is 6.35. The van der Waals surface area contributed by atoms with E-state index >= 15 is 0 Å².